The Kier molecular flexibility index (Phi) is 5.77. The lowest BCUT2D eigenvalue weighted by atomic mass is 9.78. The quantitative estimate of drug-likeness (QED) is 0.738. The summed E-state index contributed by atoms with van der Waals surface area (Å²) >= 11 is 5.12. The molecule has 0 bridgehead atoms. The second kappa shape index (κ2) is 6.50. The van der Waals surface area contributed by atoms with E-state index in [1.165, 1.54) is 0 Å². The Balaban J connectivity index is 2.76. The van der Waals surface area contributed by atoms with E-state index in [0.29, 0.717) is 31.1 Å². The van der Waals surface area contributed by atoms with E-state index in [1.54, 1.807) is 0 Å². The normalized spacial score (nSPS) is 28.5. The molecule has 112 valence electrons. The van der Waals surface area contributed by atoms with Crippen molar-refractivity contribution in [2.24, 2.45) is 17.6 Å². The Labute approximate surface area is 122 Å². The smallest absolute Gasteiger partial charge is 0.212 e. The zero-order chi connectivity index (χ0) is 14.7. The first-order chi connectivity index (χ1) is 8.67. The van der Waals surface area contributed by atoms with Gasteiger partial charge in [-0.05, 0) is 43.9 Å². The van der Waals surface area contributed by atoms with E-state index < -0.39 is 15.6 Å². The average Bonchev–Trinajstić information content (AvgIpc) is 2.29. The van der Waals surface area contributed by atoms with Crippen LogP contribution in [0.15, 0.2) is 0 Å². The van der Waals surface area contributed by atoms with Crippen molar-refractivity contribution >= 4 is 27.2 Å². The molecular weight excluding hydrogens is 280 g/mol. The second-order valence-electron chi connectivity index (χ2n) is 6.23. The van der Waals surface area contributed by atoms with E-state index in [9.17, 15) is 8.42 Å². The van der Waals surface area contributed by atoms with Crippen LogP contribution in [0, 0.1) is 11.8 Å². The van der Waals surface area contributed by atoms with Crippen molar-refractivity contribution in [1.29, 1.82) is 0 Å². The van der Waals surface area contributed by atoms with Gasteiger partial charge in [-0.2, -0.15) is 0 Å². The summed E-state index contributed by atoms with van der Waals surface area (Å²) in [7, 11) is -3.31. The molecule has 4 nitrogen and oxygen atoms in total. The molecule has 1 saturated carbocycles. The first-order valence-corrected chi connectivity index (χ1v) is 9.04. The highest BCUT2D eigenvalue weighted by Crippen LogP contribution is 2.33. The molecule has 0 aromatic rings. The Morgan fingerprint density at radius 2 is 1.95 bits per heavy atom. The van der Waals surface area contributed by atoms with Gasteiger partial charge in [0.25, 0.3) is 0 Å². The maximum absolute atomic E-state index is 12.2. The van der Waals surface area contributed by atoms with Gasteiger partial charge < -0.3 is 5.73 Å². The SMILES string of the molecule is CC(C)CCS(=O)(=O)NC1(C(N)=S)CCC(C)CC1. The number of rotatable bonds is 6. The van der Waals surface area contributed by atoms with Crippen LogP contribution in [0.4, 0.5) is 0 Å². The number of nitrogens with one attached hydrogen (secondary N) is 1. The minimum atomic E-state index is -3.31. The van der Waals surface area contributed by atoms with Crippen molar-refractivity contribution in [2.75, 3.05) is 5.75 Å². The summed E-state index contributed by atoms with van der Waals surface area (Å²) in [5.74, 6) is 1.12. The van der Waals surface area contributed by atoms with Gasteiger partial charge in [-0.3, -0.25) is 0 Å². The molecule has 0 aromatic heterocycles. The van der Waals surface area contributed by atoms with Crippen molar-refractivity contribution in [2.45, 2.75) is 58.4 Å². The third-order valence-electron chi connectivity index (χ3n) is 3.91. The minimum absolute atomic E-state index is 0.143. The average molecular weight is 306 g/mol. The Hall–Kier alpha value is -0.200. The first-order valence-electron chi connectivity index (χ1n) is 6.98. The van der Waals surface area contributed by atoms with Crippen molar-refractivity contribution in [3.05, 3.63) is 0 Å². The Bertz CT molecular complexity index is 410. The van der Waals surface area contributed by atoms with Crippen LogP contribution >= 0.6 is 12.2 Å². The third-order valence-corrected chi connectivity index (χ3v) is 5.78. The summed E-state index contributed by atoms with van der Waals surface area (Å²) in [4.78, 5) is 0.285. The van der Waals surface area contributed by atoms with Crippen molar-refractivity contribution in [3.8, 4) is 0 Å². The standard InChI is InChI=1S/C13H26N2O2S2/c1-10(2)6-9-19(16,17)15-13(12(14)18)7-4-11(3)5-8-13/h10-11,15H,4-9H2,1-3H3,(H2,14,18). The summed E-state index contributed by atoms with van der Waals surface area (Å²) in [6.45, 7) is 6.21. The highest BCUT2D eigenvalue weighted by atomic mass is 32.2. The number of nitrogens with two attached hydrogens (primary N) is 1. The number of thiocarbonyl (C=S) groups is 1. The number of hydrogen-bond donors (Lipinski definition) is 2. The Morgan fingerprint density at radius 3 is 2.37 bits per heavy atom. The number of sulfonamides is 1. The van der Waals surface area contributed by atoms with Crippen LogP contribution in [0.1, 0.15) is 52.9 Å². The molecule has 0 unspecified atom stereocenters. The van der Waals surface area contributed by atoms with Gasteiger partial charge in [0, 0.05) is 0 Å². The molecule has 1 aliphatic rings. The van der Waals surface area contributed by atoms with E-state index >= 15 is 0 Å². The van der Waals surface area contributed by atoms with Crippen LogP contribution in [0.3, 0.4) is 0 Å². The summed E-state index contributed by atoms with van der Waals surface area (Å²) in [6, 6.07) is 0. The lowest BCUT2D eigenvalue weighted by Gasteiger charge is -2.39. The van der Waals surface area contributed by atoms with Gasteiger partial charge in [0.05, 0.1) is 16.3 Å². The highest BCUT2D eigenvalue weighted by molar-refractivity contribution is 7.89. The highest BCUT2D eigenvalue weighted by Gasteiger charge is 2.40. The molecule has 6 heteroatoms. The topological polar surface area (TPSA) is 72.2 Å². The number of hydrogen-bond acceptors (Lipinski definition) is 3. The maximum atomic E-state index is 12.2. The van der Waals surface area contributed by atoms with Gasteiger partial charge in [0.15, 0.2) is 0 Å². The van der Waals surface area contributed by atoms with Crippen LogP contribution < -0.4 is 10.5 Å². The van der Waals surface area contributed by atoms with E-state index in [1.807, 2.05) is 13.8 Å². The predicted molar refractivity (Wildman–Crippen MR) is 83.5 cm³/mol. The molecule has 0 radical (unpaired) electrons. The molecule has 3 N–H and O–H groups in total. The van der Waals surface area contributed by atoms with Crippen molar-refractivity contribution < 1.29 is 8.42 Å². The van der Waals surface area contributed by atoms with Crippen LogP contribution in [-0.4, -0.2) is 24.7 Å². The third kappa shape index (κ3) is 5.00. The maximum Gasteiger partial charge on any atom is 0.212 e. The predicted octanol–water partition coefficient (Wildman–Crippen LogP) is 2.19. The van der Waals surface area contributed by atoms with Crippen LogP contribution in [0.25, 0.3) is 0 Å². The molecule has 1 aliphatic carbocycles. The van der Waals surface area contributed by atoms with E-state index in [4.69, 9.17) is 18.0 Å². The summed E-state index contributed by atoms with van der Waals surface area (Å²) in [6.07, 6.45) is 4.00. The van der Waals surface area contributed by atoms with Crippen molar-refractivity contribution in [3.63, 3.8) is 0 Å². The van der Waals surface area contributed by atoms with Crippen molar-refractivity contribution in [1.82, 2.24) is 4.72 Å². The molecule has 19 heavy (non-hydrogen) atoms. The molecule has 0 saturated heterocycles. The molecule has 0 atom stereocenters. The van der Waals surface area contributed by atoms with E-state index in [0.717, 1.165) is 12.8 Å². The monoisotopic (exact) mass is 306 g/mol. The fourth-order valence-corrected chi connectivity index (χ4v) is 4.51. The van der Waals surface area contributed by atoms with E-state index in [2.05, 4.69) is 11.6 Å². The second-order valence-corrected chi connectivity index (χ2v) is 8.51. The molecule has 0 spiro atoms. The van der Waals surface area contributed by atoms with Crippen LogP contribution in [-0.2, 0) is 10.0 Å². The summed E-state index contributed by atoms with van der Waals surface area (Å²) < 4.78 is 27.1. The zero-order valence-corrected chi connectivity index (χ0v) is 13.7. The lowest BCUT2D eigenvalue weighted by molar-refractivity contribution is 0.289. The van der Waals surface area contributed by atoms with Gasteiger partial charge in [-0.15, -0.1) is 0 Å². The fraction of sp³-hybridized carbons (Fsp3) is 0.923. The van der Waals surface area contributed by atoms with E-state index in [-0.39, 0.29) is 10.7 Å². The summed E-state index contributed by atoms with van der Waals surface area (Å²) in [5, 5.41) is 0. The van der Waals surface area contributed by atoms with Gasteiger partial charge >= 0.3 is 0 Å². The zero-order valence-electron chi connectivity index (χ0n) is 12.1. The summed E-state index contributed by atoms with van der Waals surface area (Å²) in [5.41, 5.74) is 5.12. The minimum Gasteiger partial charge on any atom is -0.392 e. The van der Waals surface area contributed by atoms with Gasteiger partial charge in [0.2, 0.25) is 10.0 Å². The molecular formula is C13H26N2O2S2. The molecule has 0 amide bonds. The van der Waals surface area contributed by atoms with Gasteiger partial charge in [-0.25, -0.2) is 13.1 Å². The van der Waals surface area contributed by atoms with Crippen LogP contribution in [0.2, 0.25) is 0 Å². The molecule has 0 aromatic carbocycles. The Morgan fingerprint density at radius 1 is 1.42 bits per heavy atom. The fourth-order valence-electron chi connectivity index (χ4n) is 2.39. The van der Waals surface area contributed by atoms with Gasteiger partial charge in [-0.1, -0.05) is 33.0 Å². The van der Waals surface area contributed by atoms with Crippen LogP contribution in [0.5, 0.6) is 0 Å². The largest absolute Gasteiger partial charge is 0.392 e. The van der Waals surface area contributed by atoms with Gasteiger partial charge in [0.1, 0.15) is 0 Å². The molecule has 1 fully saturated rings. The molecule has 0 heterocycles. The molecule has 1 rings (SSSR count). The lowest BCUT2D eigenvalue weighted by Crippen LogP contribution is -2.58. The first kappa shape index (κ1) is 16.9. The molecule has 0 aliphatic heterocycles.